The maximum Gasteiger partial charge on any atom is 0.229 e. The summed E-state index contributed by atoms with van der Waals surface area (Å²) >= 11 is 0. The van der Waals surface area contributed by atoms with E-state index in [9.17, 15) is 9.59 Å². The zero-order chi connectivity index (χ0) is 21.3. The summed E-state index contributed by atoms with van der Waals surface area (Å²) in [5.41, 5.74) is 3.05. The highest BCUT2D eigenvalue weighted by molar-refractivity contribution is 5.96. The van der Waals surface area contributed by atoms with Crippen LogP contribution >= 0.6 is 0 Å². The minimum Gasteiger partial charge on any atom is -0.312 e. The van der Waals surface area contributed by atoms with Gasteiger partial charge in [0.15, 0.2) is 0 Å². The number of nitrogens with zero attached hydrogens (tertiary/aromatic N) is 3. The van der Waals surface area contributed by atoms with Gasteiger partial charge in [0.1, 0.15) is 0 Å². The van der Waals surface area contributed by atoms with Gasteiger partial charge in [-0.1, -0.05) is 48.5 Å². The van der Waals surface area contributed by atoms with Crippen LogP contribution in [0.25, 0.3) is 0 Å². The highest BCUT2D eigenvalue weighted by atomic mass is 16.2. The Bertz CT molecular complexity index is 1030. The van der Waals surface area contributed by atoms with Crippen molar-refractivity contribution >= 4 is 23.2 Å². The lowest BCUT2D eigenvalue weighted by atomic mass is 10.1. The second-order valence-corrected chi connectivity index (χ2v) is 6.88. The van der Waals surface area contributed by atoms with Gasteiger partial charge in [0, 0.05) is 31.3 Å². The molecule has 0 atom stereocenters. The van der Waals surface area contributed by atoms with Crippen molar-refractivity contribution in [2.24, 2.45) is 0 Å². The molecule has 5 nitrogen and oxygen atoms in total. The number of rotatable bonds is 7. The van der Waals surface area contributed by atoms with Gasteiger partial charge >= 0.3 is 0 Å². The van der Waals surface area contributed by atoms with Crippen LogP contribution in [-0.4, -0.2) is 18.4 Å². The van der Waals surface area contributed by atoms with E-state index in [-0.39, 0.29) is 24.8 Å². The summed E-state index contributed by atoms with van der Waals surface area (Å²) in [5, 5.41) is 8.96. The standard InChI is InChI=1S/C25H23N3O2/c1-20(29)27(24-14-12-21(18-26)13-15-24)17-16-25(30)28(23-10-6-3-7-11-23)19-22-8-4-2-5-9-22/h2-15H,16-17,19H2,1H3. The number of carbonyl (C=O) groups is 2. The molecule has 30 heavy (non-hydrogen) atoms. The fourth-order valence-corrected chi connectivity index (χ4v) is 3.22. The van der Waals surface area contributed by atoms with Crippen molar-refractivity contribution in [3.63, 3.8) is 0 Å². The molecule has 0 aliphatic carbocycles. The van der Waals surface area contributed by atoms with Crippen LogP contribution in [0.3, 0.4) is 0 Å². The third kappa shape index (κ3) is 5.33. The summed E-state index contributed by atoms with van der Waals surface area (Å²) < 4.78 is 0. The average molecular weight is 397 g/mol. The molecule has 0 aromatic heterocycles. The predicted molar refractivity (Wildman–Crippen MR) is 118 cm³/mol. The molecule has 150 valence electrons. The molecule has 0 spiro atoms. The molecule has 3 aromatic rings. The number of hydrogen-bond acceptors (Lipinski definition) is 3. The monoisotopic (exact) mass is 397 g/mol. The Morgan fingerprint density at radius 2 is 1.37 bits per heavy atom. The second-order valence-electron chi connectivity index (χ2n) is 6.88. The molecule has 0 unspecified atom stereocenters. The number of para-hydroxylation sites is 1. The SMILES string of the molecule is CC(=O)N(CCC(=O)N(Cc1ccccc1)c1ccccc1)c1ccc(C#N)cc1. The molecular formula is C25H23N3O2. The Morgan fingerprint density at radius 1 is 0.800 bits per heavy atom. The fourth-order valence-electron chi connectivity index (χ4n) is 3.22. The first-order valence-corrected chi connectivity index (χ1v) is 9.76. The van der Waals surface area contributed by atoms with Crippen LogP contribution in [0, 0.1) is 11.3 Å². The smallest absolute Gasteiger partial charge is 0.229 e. The number of amides is 2. The van der Waals surface area contributed by atoms with Crippen molar-refractivity contribution in [2.75, 3.05) is 16.3 Å². The molecule has 3 aromatic carbocycles. The summed E-state index contributed by atoms with van der Waals surface area (Å²) in [6.07, 6.45) is 0.182. The molecule has 0 bridgehead atoms. The molecule has 0 N–H and O–H groups in total. The summed E-state index contributed by atoms with van der Waals surface area (Å²) in [6, 6.07) is 28.2. The van der Waals surface area contributed by atoms with Crippen molar-refractivity contribution in [2.45, 2.75) is 19.9 Å². The number of nitriles is 1. The van der Waals surface area contributed by atoms with Gasteiger partial charge in [0.05, 0.1) is 18.2 Å². The first kappa shape index (κ1) is 20.8. The topological polar surface area (TPSA) is 64.4 Å². The molecule has 3 rings (SSSR count). The van der Waals surface area contributed by atoms with Crippen molar-refractivity contribution in [1.29, 1.82) is 5.26 Å². The van der Waals surface area contributed by atoms with Crippen molar-refractivity contribution in [3.05, 3.63) is 96.1 Å². The van der Waals surface area contributed by atoms with Crippen LogP contribution in [0.1, 0.15) is 24.5 Å². The molecule has 0 radical (unpaired) electrons. The number of benzene rings is 3. The summed E-state index contributed by atoms with van der Waals surface area (Å²) in [7, 11) is 0. The minimum absolute atomic E-state index is 0.0649. The molecule has 2 amide bonds. The van der Waals surface area contributed by atoms with Crippen LogP contribution in [0.4, 0.5) is 11.4 Å². The highest BCUT2D eigenvalue weighted by Gasteiger charge is 2.19. The fraction of sp³-hybridized carbons (Fsp3) is 0.160. The van der Waals surface area contributed by atoms with E-state index in [4.69, 9.17) is 5.26 Å². The lowest BCUT2D eigenvalue weighted by Gasteiger charge is -2.26. The van der Waals surface area contributed by atoms with Gasteiger partial charge in [-0.25, -0.2) is 0 Å². The molecule has 0 aliphatic heterocycles. The first-order chi connectivity index (χ1) is 14.6. The number of hydrogen-bond donors (Lipinski definition) is 0. The molecule has 0 fully saturated rings. The molecule has 0 saturated heterocycles. The van der Waals surface area contributed by atoms with E-state index in [0.29, 0.717) is 17.8 Å². The van der Waals surface area contributed by atoms with Crippen LogP contribution in [0.5, 0.6) is 0 Å². The highest BCUT2D eigenvalue weighted by Crippen LogP contribution is 2.20. The Morgan fingerprint density at radius 3 is 1.93 bits per heavy atom. The zero-order valence-corrected chi connectivity index (χ0v) is 16.9. The van der Waals surface area contributed by atoms with E-state index in [1.165, 1.54) is 6.92 Å². The van der Waals surface area contributed by atoms with Crippen LogP contribution in [0.15, 0.2) is 84.9 Å². The van der Waals surface area contributed by atoms with Crippen LogP contribution in [-0.2, 0) is 16.1 Å². The predicted octanol–water partition coefficient (Wildman–Crippen LogP) is 4.53. The number of carbonyl (C=O) groups excluding carboxylic acids is 2. The van der Waals surface area contributed by atoms with E-state index in [1.807, 2.05) is 60.7 Å². The Kier molecular flexibility index (Phi) is 6.96. The molecule has 0 heterocycles. The normalized spacial score (nSPS) is 10.1. The summed E-state index contributed by atoms with van der Waals surface area (Å²) in [4.78, 5) is 28.6. The van der Waals surface area contributed by atoms with E-state index >= 15 is 0 Å². The molecular weight excluding hydrogens is 374 g/mol. The Balaban J connectivity index is 1.76. The third-order valence-electron chi connectivity index (χ3n) is 4.79. The van der Waals surface area contributed by atoms with E-state index in [0.717, 1.165) is 11.3 Å². The van der Waals surface area contributed by atoms with E-state index < -0.39 is 0 Å². The zero-order valence-electron chi connectivity index (χ0n) is 16.9. The van der Waals surface area contributed by atoms with Gasteiger partial charge in [-0.05, 0) is 42.0 Å². The van der Waals surface area contributed by atoms with Gasteiger partial charge in [-0.15, -0.1) is 0 Å². The molecule has 5 heteroatoms. The van der Waals surface area contributed by atoms with E-state index in [1.54, 1.807) is 34.1 Å². The minimum atomic E-state index is -0.151. The van der Waals surface area contributed by atoms with Crippen molar-refractivity contribution in [1.82, 2.24) is 0 Å². The lowest BCUT2D eigenvalue weighted by Crippen LogP contribution is -2.36. The summed E-state index contributed by atoms with van der Waals surface area (Å²) in [5.74, 6) is -0.216. The third-order valence-corrected chi connectivity index (χ3v) is 4.79. The largest absolute Gasteiger partial charge is 0.312 e. The quantitative estimate of drug-likeness (QED) is 0.588. The lowest BCUT2D eigenvalue weighted by molar-refractivity contribution is -0.118. The second kappa shape index (κ2) is 10.0. The van der Waals surface area contributed by atoms with Gasteiger partial charge in [-0.3, -0.25) is 9.59 Å². The van der Waals surface area contributed by atoms with Gasteiger partial charge in [-0.2, -0.15) is 5.26 Å². The van der Waals surface area contributed by atoms with E-state index in [2.05, 4.69) is 6.07 Å². The van der Waals surface area contributed by atoms with Crippen molar-refractivity contribution in [3.8, 4) is 6.07 Å². The Hall–Kier alpha value is -3.91. The van der Waals surface area contributed by atoms with Crippen LogP contribution < -0.4 is 9.80 Å². The average Bonchev–Trinajstić information content (AvgIpc) is 2.79. The maximum absolute atomic E-state index is 13.2. The molecule has 0 saturated carbocycles. The maximum atomic E-state index is 13.2. The van der Waals surface area contributed by atoms with Gasteiger partial charge < -0.3 is 9.80 Å². The Labute approximate surface area is 176 Å². The number of anilines is 2. The van der Waals surface area contributed by atoms with Gasteiger partial charge in [0.2, 0.25) is 11.8 Å². The summed E-state index contributed by atoms with van der Waals surface area (Å²) in [6.45, 7) is 2.19. The molecule has 0 aliphatic rings. The van der Waals surface area contributed by atoms with Gasteiger partial charge in [0.25, 0.3) is 0 Å². The van der Waals surface area contributed by atoms with Crippen LogP contribution in [0.2, 0.25) is 0 Å². The van der Waals surface area contributed by atoms with Crippen molar-refractivity contribution < 1.29 is 9.59 Å². The first-order valence-electron chi connectivity index (χ1n) is 9.76.